The number of aryl methyl sites for hydroxylation is 1. The molecule has 2 aromatic carbocycles. The molecule has 1 heterocycles. The van der Waals surface area contributed by atoms with Gasteiger partial charge < -0.3 is 18.6 Å². The maximum Gasteiger partial charge on any atom is 0.336 e. The molecule has 138 valence electrons. The van der Waals surface area contributed by atoms with Gasteiger partial charge in [0.05, 0.1) is 14.2 Å². The Labute approximate surface area is 155 Å². The lowest BCUT2D eigenvalue weighted by atomic mass is 10.1. The van der Waals surface area contributed by atoms with Crippen LogP contribution in [0.5, 0.6) is 17.2 Å². The minimum Gasteiger partial charge on any atom is -0.493 e. The number of benzene rings is 2. The Balaban J connectivity index is 1.76. The summed E-state index contributed by atoms with van der Waals surface area (Å²) in [5.74, 6) is 0.899. The second kappa shape index (κ2) is 7.78. The largest absolute Gasteiger partial charge is 0.493 e. The number of rotatable bonds is 5. The smallest absolute Gasteiger partial charge is 0.336 e. The van der Waals surface area contributed by atoms with Crippen molar-refractivity contribution in [1.29, 1.82) is 0 Å². The summed E-state index contributed by atoms with van der Waals surface area (Å²) in [6, 6.07) is 11.6. The number of methoxy groups -OCH3 is 2. The van der Waals surface area contributed by atoms with Gasteiger partial charge in [0.25, 0.3) is 0 Å². The maximum atomic E-state index is 12.1. The van der Waals surface area contributed by atoms with Crippen LogP contribution in [0.15, 0.2) is 57.8 Å². The van der Waals surface area contributed by atoms with Crippen molar-refractivity contribution < 1.29 is 23.4 Å². The summed E-state index contributed by atoms with van der Waals surface area (Å²) >= 11 is 0. The normalized spacial score (nSPS) is 10.9. The van der Waals surface area contributed by atoms with Gasteiger partial charge in [-0.15, -0.1) is 0 Å². The molecule has 0 radical (unpaired) electrons. The van der Waals surface area contributed by atoms with Crippen LogP contribution in [0.1, 0.15) is 11.1 Å². The lowest BCUT2D eigenvalue weighted by molar-refractivity contribution is -0.128. The van der Waals surface area contributed by atoms with Crippen LogP contribution in [0, 0.1) is 6.92 Å². The molecule has 6 nitrogen and oxygen atoms in total. The minimum absolute atomic E-state index is 0.290. The molecule has 3 rings (SSSR count). The second-order valence-corrected chi connectivity index (χ2v) is 5.78. The first-order valence-corrected chi connectivity index (χ1v) is 8.16. The van der Waals surface area contributed by atoms with Gasteiger partial charge in [0.1, 0.15) is 11.3 Å². The Morgan fingerprint density at radius 3 is 2.52 bits per heavy atom. The Morgan fingerprint density at radius 1 is 1.00 bits per heavy atom. The van der Waals surface area contributed by atoms with Crippen molar-refractivity contribution in [2.45, 2.75) is 6.92 Å². The SMILES string of the molecule is COc1ccc(/C=C/C(=O)Oc2ccc3c(C)cc(=O)oc3c2)cc1OC. The fourth-order valence-corrected chi connectivity index (χ4v) is 2.64. The molecule has 27 heavy (non-hydrogen) atoms. The molecular formula is C21H18O6. The number of fused-ring (bicyclic) bond motifs is 1. The van der Waals surface area contributed by atoms with Crippen LogP contribution < -0.4 is 19.8 Å². The fourth-order valence-electron chi connectivity index (χ4n) is 2.64. The lowest BCUT2D eigenvalue weighted by Gasteiger charge is -2.07. The zero-order valence-corrected chi connectivity index (χ0v) is 15.1. The van der Waals surface area contributed by atoms with E-state index in [0.717, 1.165) is 16.5 Å². The van der Waals surface area contributed by atoms with Gasteiger partial charge in [-0.2, -0.15) is 0 Å². The Morgan fingerprint density at radius 2 is 1.78 bits per heavy atom. The van der Waals surface area contributed by atoms with Crippen LogP contribution in [0.25, 0.3) is 17.0 Å². The Kier molecular flexibility index (Phi) is 5.26. The first-order valence-electron chi connectivity index (χ1n) is 8.16. The highest BCUT2D eigenvalue weighted by Crippen LogP contribution is 2.28. The standard InChI is InChI=1S/C21H18O6/c1-13-10-21(23)27-18-12-15(6-7-16(13)18)26-20(22)9-5-14-4-8-17(24-2)19(11-14)25-3/h4-12H,1-3H3/b9-5+. The first-order chi connectivity index (χ1) is 13.0. The molecule has 0 unspecified atom stereocenters. The minimum atomic E-state index is -0.556. The molecule has 3 aromatic rings. The third kappa shape index (κ3) is 4.17. The number of esters is 1. The van der Waals surface area contributed by atoms with Gasteiger partial charge in [-0.3, -0.25) is 0 Å². The predicted octanol–water partition coefficient (Wildman–Crippen LogP) is 3.74. The van der Waals surface area contributed by atoms with Gasteiger partial charge in [-0.1, -0.05) is 6.07 Å². The second-order valence-electron chi connectivity index (χ2n) is 5.78. The van der Waals surface area contributed by atoms with E-state index >= 15 is 0 Å². The summed E-state index contributed by atoms with van der Waals surface area (Å²) in [7, 11) is 3.09. The highest BCUT2D eigenvalue weighted by Gasteiger charge is 2.07. The van der Waals surface area contributed by atoms with Crippen molar-refractivity contribution in [2.24, 2.45) is 0 Å². The molecule has 0 bridgehead atoms. The number of hydrogen-bond acceptors (Lipinski definition) is 6. The van der Waals surface area contributed by atoms with Gasteiger partial charge in [0.15, 0.2) is 11.5 Å². The number of carbonyl (C=O) groups is 1. The van der Waals surface area contributed by atoms with E-state index in [1.165, 1.54) is 18.2 Å². The molecule has 0 spiro atoms. The van der Waals surface area contributed by atoms with E-state index in [0.29, 0.717) is 22.8 Å². The Bertz CT molecular complexity index is 1080. The van der Waals surface area contributed by atoms with Crippen LogP contribution in [0.3, 0.4) is 0 Å². The molecule has 6 heteroatoms. The summed E-state index contributed by atoms with van der Waals surface area (Å²) in [5, 5.41) is 0.787. The lowest BCUT2D eigenvalue weighted by Crippen LogP contribution is -2.04. The first kappa shape index (κ1) is 18.3. The van der Waals surface area contributed by atoms with Crippen molar-refractivity contribution in [3.05, 3.63) is 70.1 Å². The molecule has 0 aliphatic rings. The quantitative estimate of drug-likeness (QED) is 0.296. The molecule has 0 atom stereocenters. The molecule has 1 aromatic heterocycles. The molecule has 0 fully saturated rings. The zero-order valence-electron chi connectivity index (χ0n) is 15.1. The number of hydrogen-bond donors (Lipinski definition) is 0. The molecule has 0 N–H and O–H groups in total. The summed E-state index contributed by atoms with van der Waals surface area (Å²) in [4.78, 5) is 23.6. The highest BCUT2D eigenvalue weighted by atomic mass is 16.5. The van der Waals surface area contributed by atoms with Gasteiger partial charge in [-0.05, 0) is 48.4 Å². The van der Waals surface area contributed by atoms with E-state index in [2.05, 4.69) is 0 Å². The van der Waals surface area contributed by atoms with E-state index < -0.39 is 11.6 Å². The highest BCUT2D eigenvalue weighted by molar-refractivity contribution is 5.89. The van der Waals surface area contributed by atoms with E-state index in [9.17, 15) is 9.59 Å². The van der Waals surface area contributed by atoms with Crippen molar-refractivity contribution in [2.75, 3.05) is 14.2 Å². The third-order valence-electron chi connectivity index (χ3n) is 3.96. The van der Waals surface area contributed by atoms with Gasteiger partial charge in [0, 0.05) is 23.6 Å². The van der Waals surface area contributed by atoms with Crippen molar-refractivity contribution in [3.63, 3.8) is 0 Å². The Hall–Kier alpha value is -3.54. The van der Waals surface area contributed by atoms with Crippen LogP contribution >= 0.6 is 0 Å². The maximum absolute atomic E-state index is 12.1. The van der Waals surface area contributed by atoms with Crippen LogP contribution in [-0.2, 0) is 4.79 Å². The summed E-state index contributed by atoms with van der Waals surface area (Å²) in [5.41, 5.74) is 1.48. The number of ether oxygens (including phenoxy) is 3. The van der Waals surface area contributed by atoms with Crippen LogP contribution in [-0.4, -0.2) is 20.2 Å². The molecule has 0 saturated heterocycles. The zero-order chi connectivity index (χ0) is 19.4. The van der Waals surface area contributed by atoms with E-state index in [1.807, 2.05) is 6.92 Å². The average Bonchev–Trinajstić information content (AvgIpc) is 2.65. The van der Waals surface area contributed by atoms with Crippen LogP contribution in [0.4, 0.5) is 0 Å². The monoisotopic (exact) mass is 366 g/mol. The van der Waals surface area contributed by atoms with Crippen molar-refractivity contribution in [1.82, 2.24) is 0 Å². The topological polar surface area (TPSA) is 75.0 Å². The van der Waals surface area contributed by atoms with Gasteiger partial charge in [-0.25, -0.2) is 9.59 Å². The summed E-state index contributed by atoms with van der Waals surface area (Å²) < 4.78 is 20.8. The molecule has 0 amide bonds. The third-order valence-corrected chi connectivity index (χ3v) is 3.96. The average molecular weight is 366 g/mol. The van der Waals surface area contributed by atoms with Crippen molar-refractivity contribution >= 4 is 23.0 Å². The van der Waals surface area contributed by atoms with Crippen molar-refractivity contribution in [3.8, 4) is 17.2 Å². The van der Waals surface area contributed by atoms with E-state index in [-0.39, 0.29) is 0 Å². The van der Waals surface area contributed by atoms with E-state index in [1.54, 1.807) is 50.6 Å². The van der Waals surface area contributed by atoms with Gasteiger partial charge in [0.2, 0.25) is 0 Å². The molecule has 0 aliphatic carbocycles. The van der Waals surface area contributed by atoms with E-state index in [4.69, 9.17) is 18.6 Å². The summed E-state index contributed by atoms with van der Waals surface area (Å²) in [6.45, 7) is 1.82. The van der Waals surface area contributed by atoms with Gasteiger partial charge >= 0.3 is 11.6 Å². The fraction of sp³-hybridized carbons (Fsp3) is 0.143. The molecule has 0 saturated carbocycles. The molecular weight excluding hydrogens is 348 g/mol. The number of carbonyl (C=O) groups excluding carboxylic acids is 1. The predicted molar refractivity (Wildman–Crippen MR) is 101 cm³/mol. The summed E-state index contributed by atoms with van der Waals surface area (Å²) in [6.07, 6.45) is 2.91. The molecule has 0 aliphatic heterocycles. The van der Waals surface area contributed by atoms with Crippen LogP contribution in [0.2, 0.25) is 0 Å².